The SMILES string of the molecule is CN1Cc2c(C3=CCN(C4CCC(C(C#N)C(=O)O)CC4)CC3)[nH]c3nccc(c23)-c2cc(F)ccc21. The lowest BCUT2D eigenvalue weighted by atomic mass is 9.78. The smallest absolute Gasteiger partial charge is 0.321 e. The molecule has 37 heavy (non-hydrogen) atoms. The number of hydrogen-bond acceptors (Lipinski definition) is 5. The van der Waals surface area contributed by atoms with Gasteiger partial charge in [-0.3, -0.25) is 9.69 Å². The van der Waals surface area contributed by atoms with Gasteiger partial charge < -0.3 is 15.0 Å². The van der Waals surface area contributed by atoms with Crippen LogP contribution in [0.2, 0.25) is 0 Å². The Bertz CT molecular complexity index is 1450. The van der Waals surface area contributed by atoms with Gasteiger partial charge in [0.2, 0.25) is 0 Å². The van der Waals surface area contributed by atoms with Crippen molar-refractivity contribution in [3.8, 4) is 17.2 Å². The quantitative estimate of drug-likeness (QED) is 0.513. The summed E-state index contributed by atoms with van der Waals surface area (Å²) in [4.78, 5) is 24.3. The van der Waals surface area contributed by atoms with Crippen molar-refractivity contribution in [2.45, 2.75) is 44.7 Å². The van der Waals surface area contributed by atoms with Gasteiger partial charge in [0.25, 0.3) is 0 Å². The van der Waals surface area contributed by atoms with Crippen LogP contribution in [0.4, 0.5) is 10.1 Å². The van der Waals surface area contributed by atoms with E-state index in [9.17, 15) is 19.6 Å². The van der Waals surface area contributed by atoms with E-state index in [1.165, 1.54) is 17.2 Å². The summed E-state index contributed by atoms with van der Waals surface area (Å²) in [5, 5.41) is 19.6. The predicted octanol–water partition coefficient (Wildman–Crippen LogP) is 5.19. The van der Waals surface area contributed by atoms with Crippen molar-refractivity contribution in [2.75, 3.05) is 25.0 Å². The average molecular weight is 500 g/mol. The van der Waals surface area contributed by atoms with Gasteiger partial charge in [0.15, 0.2) is 0 Å². The minimum Gasteiger partial charge on any atom is -0.480 e. The number of aromatic amines is 1. The minimum atomic E-state index is -0.994. The summed E-state index contributed by atoms with van der Waals surface area (Å²) in [6, 6.07) is 9.38. The number of carboxylic acid groups (broad SMARTS) is 1. The van der Waals surface area contributed by atoms with Gasteiger partial charge in [0.05, 0.1) is 6.07 Å². The lowest BCUT2D eigenvalue weighted by molar-refractivity contribution is -0.141. The van der Waals surface area contributed by atoms with Crippen LogP contribution >= 0.6 is 0 Å². The van der Waals surface area contributed by atoms with E-state index in [0.717, 1.165) is 78.7 Å². The van der Waals surface area contributed by atoms with Crippen molar-refractivity contribution in [3.63, 3.8) is 0 Å². The van der Waals surface area contributed by atoms with Crippen molar-refractivity contribution in [2.24, 2.45) is 11.8 Å². The number of nitriles is 1. The Balaban J connectivity index is 1.25. The average Bonchev–Trinajstić information content (AvgIpc) is 3.21. The first-order valence-electron chi connectivity index (χ1n) is 13.0. The van der Waals surface area contributed by atoms with Crippen molar-refractivity contribution in [1.82, 2.24) is 14.9 Å². The second-order valence-electron chi connectivity index (χ2n) is 10.6. The molecule has 0 bridgehead atoms. The molecule has 0 radical (unpaired) electrons. The van der Waals surface area contributed by atoms with Crippen LogP contribution < -0.4 is 4.90 Å². The third-order valence-corrected chi connectivity index (χ3v) is 8.55. The molecule has 6 rings (SSSR count). The summed E-state index contributed by atoms with van der Waals surface area (Å²) in [6.45, 7) is 2.50. The number of hydrogen-bond donors (Lipinski definition) is 2. The fraction of sp³-hybridized carbons (Fsp3) is 0.414. The monoisotopic (exact) mass is 499 g/mol. The van der Waals surface area contributed by atoms with Crippen LogP contribution in [0.25, 0.3) is 27.7 Å². The normalized spacial score (nSPS) is 22.6. The van der Waals surface area contributed by atoms with Crippen molar-refractivity contribution in [1.29, 1.82) is 5.26 Å². The van der Waals surface area contributed by atoms with Gasteiger partial charge in [-0.2, -0.15) is 5.26 Å². The van der Waals surface area contributed by atoms with Crippen LogP contribution in [0.15, 0.2) is 36.5 Å². The second kappa shape index (κ2) is 9.31. The number of halogens is 1. The molecular formula is C29H30FN5O2. The van der Waals surface area contributed by atoms with Gasteiger partial charge in [0, 0.05) is 66.8 Å². The molecule has 3 aliphatic rings. The molecule has 1 atom stereocenters. The molecule has 1 fully saturated rings. The van der Waals surface area contributed by atoms with Crippen LogP contribution in [0.3, 0.4) is 0 Å². The number of rotatable bonds is 4. The van der Waals surface area contributed by atoms with Crippen molar-refractivity contribution < 1.29 is 14.3 Å². The maximum Gasteiger partial charge on any atom is 0.321 e. The number of carboxylic acids is 1. The molecule has 1 unspecified atom stereocenters. The van der Waals surface area contributed by atoms with Gasteiger partial charge in [-0.05, 0) is 73.4 Å². The van der Waals surface area contributed by atoms with Gasteiger partial charge in [-0.15, -0.1) is 0 Å². The molecule has 2 aliphatic heterocycles. The highest BCUT2D eigenvalue weighted by Gasteiger charge is 2.34. The zero-order chi connectivity index (χ0) is 25.7. The van der Waals surface area contributed by atoms with Crippen LogP contribution in [0.5, 0.6) is 0 Å². The molecule has 1 saturated carbocycles. The highest BCUT2D eigenvalue weighted by molar-refractivity contribution is 6.02. The zero-order valence-corrected chi connectivity index (χ0v) is 20.9. The lowest BCUT2D eigenvalue weighted by Crippen LogP contribution is -2.41. The number of benzene rings is 1. The minimum absolute atomic E-state index is 0.0469. The first-order valence-corrected chi connectivity index (χ1v) is 13.0. The number of pyridine rings is 1. The Morgan fingerprint density at radius 2 is 2.05 bits per heavy atom. The van der Waals surface area contributed by atoms with E-state index in [0.29, 0.717) is 12.6 Å². The summed E-state index contributed by atoms with van der Waals surface area (Å²) in [5.74, 6) is -2.18. The zero-order valence-electron chi connectivity index (χ0n) is 20.9. The molecule has 2 aromatic heterocycles. The third-order valence-electron chi connectivity index (χ3n) is 8.55. The van der Waals surface area contributed by atoms with Crippen LogP contribution in [-0.2, 0) is 11.3 Å². The fourth-order valence-electron chi connectivity index (χ4n) is 6.62. The number of nitrogens with one attached hydrogen (secondary N) is 1. The standard InChI is InChI=1S/C29H30FN5O2/c1-34-16-24-26-21(22-14-19(30)4-7-25(22)34)8-11-32-28(26)33-27(24)18-9-12-35(13-10-18)20-5-2-17(3-6-20)23(15-31)29(36)37/h4,7-9,11,14,17,20,23H,2-3,5-6,10,12-13,16H2,1H3,(H,32,33)(H,36,37). The molecule has 0 amide bonds. The summed E-state index contributed by atoms with van der Waals surface area (Å²) in [7, 11) is 2.05. The number of aromatic nitrogens is 2. The fourth-order valence-corrected chi connectivity index (χ4v) is 6.62. The Hall–Kier alpha value is -3.70. The number of nitrogens with zero attached hydrogens (tertiary/aromatic N) is 4. The molecule has 7 nitrogen and oxygen atoms in total. The highest BCUT2D eigenvalue weighted by Crippen LogP contribution is 2.43. The number of anilines is 1. The summed E-state index contributed by atoms with van der Waals surface area (Å²) in [6.07, 6.45) is 8.45. The first kappa shape index (κ1) is 23.7. The van der Waals surface area contributed by atoms with E-state index in [-0.39, 0.29) is 11.7 Å². The Morgan fingerprint density at radius 1 is 1.24 bits per heavy atom. The van der Waals surface area contributed by atoms with Gasteiger partial charge in [0.1, 0.15) is 17.4 Å². The molecule has 0 saturated heterocycles. The number of fused-ring (bicyclic) bond motifs is 2. The van der Waals surface area contributed by atoms with E-state index in [4.69, 9.17) is 0 Å². The van der Waals surface area contributed by atoms with Crippen LogP contribution in [-0.4, -0.2) is 52.1 Å². The Labute approximate surface area is 215 Å². The number of carbonyl (C=O) groups is 1. The van der Waals surface area contributed by atoms with E-state index in [1.807, 2.05) is 25.2 Å². The molecule has 190 valence electrons. The maximum atomic E-state index is 14.2. The van der Waals surface area contributed by atoms with Gasteiger partial charge >= 0.3 is 5.97 Å². The largest absolute Gasteiger partial charge is 0.480 e. The van der Waals surface area contributed by atoms with Crippen LogP contribution in [0.1, 0.15) is 43.4 Å². The summed E-state index contributed by atoms with van der Waals surface area (Å²) >= 11 is 0. The summed E-state index contributed by atoms with van der Waals surface area (Å²) in [5.41, 5.74) is 7.35. The maximum absolute atomic E-state index is 14.2. The van der Waals surface area contributed by atoms with Crippen LogP contribution in [0, 0.1) is 29.0 Å². The van der Waals surface area contributed by atoms with Crippen molar-refractivity contribution in [3.05, 3.63) is 53.6 Å². The lowest BCUT2D eigenvalue weighted by Gasteiger charge is -2.38. The molecule has 1 aromatic carbocycles. The molecule has 1 aliphatic carbocycles. The predicted molar refractivity (Wildman–Crippen MR) is 140 cm³/mol. The van der Waals surface area contributed by atoms with E-state index in [1.54, 1.807) is 12.3 Å². The molecule has 2 N–H and O–H groups in total. The molecule has 3 aromatic rings. The summed E-state index contributed by atoms with van der Waals surface area (Å²) < 4.78 is 14.2. The van der Waals surface area contributed by atoms with Gasteiger partial charge in [-0.1, -0.05) is 6.08 Å². The Kier molecular flexibility index (Phi) is 5.96. The Morgan fingerprint density at radius 3 is 2.76 bits per heavy atom. The van der Waals surface area contributed by atoms with E-state index < -0.39 is 11.9 Å². The number of aliphatic carboxylic acids is 1. The molecule has 4 heterocycles. The first-order chi connectivity index (χ1) is 17.9. The second-order valence-corrected chi connectivity index (χ2v) is 10.6. The highest BCUT2D eigenvalue weighted by atomic mass is 19.1. The molecular weight excluding hydrogens is 469 g/mol. The number of H-pyrrole nitrogens is 1. The molecule has 8 heteroatoms. The van der Waals surface area contributed by atoms with E-state index in [2.05, 4.69) is 25.8 Å². The van der Waals surface area contributed by atoms with E-state index >= 15 is 0 Å². The topological polar surface area (TPSA) is 96.3 Å². The van der Waals surface area contributed by atoms with Gasteiger partial charge in [-0.25, -0.2) is 9.37 Å². The molecule has 0 spiro atoms. The van der Waals surface area contributed by atoms with Crippen molar-refractivity contribution >= 4 is 28.3 Å². The third kappa shape index (κ3) is 4.08.